The van der Waals surface area contributed by atoms with E-state index in [9.17, 15) is 15.0 Å². The molecule has 134 valence electrons. The van der Waals surface area contributed by atoms with Crippen molar-refractivity contribution < 1.29 is 15.0 Å². The number of hydrogen-bond donors (Lipinski definition) is 3. The average molecular weight is 334 g/mol. The number of likely N-dealkylation sites (tertiary alicyclic amines) is 1. The van der Waals surface area contributed by atoms with Gasteiger partial charge in [-0.05, 0) is 70.3 Å². The molecule has 1 aromatic carbocycles. The zero-order valence-corrected chi connectivity index (χ0v) is 14.9. The van der Waals surface area contributed by atoms with Gasteiger partial charge in [0.2, 0.25) is 5.91 Å². The second-order valence-electron chi connectivity index (χ2n) is 7.17. The second kappa shape index (κ2) is 8.49. The number of phenols is 1. The fourth-order valence-corrected chi connectivity index (χ4v) is 3.29. The molecule has 2 rings (SSSR count). The topological polar surface area (TPSA) is 72.8 Å². The fraction of sp³-hybridized carbons (Fsp3) is 0.632. The van der Waals surface area contributed by atoms with E-state index in [0.29, 0.717) is 23.9 Å². The monoisotopic (exact) mass is 334 g/mol. The Hall–Kier alpha value is -1.59. The van der Waals surface area contributed by atoms with Gasteiger partial charge in [0, 0.05) is 12.5 Å². The predicted octanol–water partition coefficient (Wildman–Crippen LogP) is 2.44. The van der Waals surface area contributed by atoms with Crippen molar-refractivity contribution in [2.75, 3.05) is 13.1 Å². The summed E-state index contributed by atoms with van der Waals surface area (Å²) in [6, 6.07) is 6.62. The normalized spacial score (nSPS) is 19.2. The maximum absolute atomic E-state index is 12.3. The average Bonchev–Trinajstić information content (AvgIpc) is 2.55. The van der Waals surface area contributed by atoms with Crippen LogP contribution in [0.2, 0.25) is 0 Å². The van der Waals surface area contributed by atoms with E-state index in [2.05, 4.69) is 24.1 Å². The van der Waals surface area contributed by atoms with Crippen molar-refractivity contribution >= 4 is 5.91 Å². The van der Waals surface area contributed by atoms with Gasteiger partial charge in [-0.25, -0.2) is 0 Å². The fourth-order valence-electron chi connectivity index (χ4n) is 3.29. The predicted molar refractivity (Wildman–Crippen MR) is 94.7 cm³/mol. The summed E-state index contributed by atoms with van der Waals surface area (Å²) in [5.41, 5.74) is 0.686. The molecule has 5 nitrogen and oxygen atoms in total. The lowest BCUT2D eigenvalue weighted by Crippen LogP contribution is -2.41. The minimum Gasteiger partial charge on any atom is -0.508 e. The molecule has 1 aliphatic heterocycles. The summed E-state index contributed by atoms with van der Waals surface area (Å²) in [7, 11) is 0. The van der Waals surface area contributed by atoms with Gasteiger partial charge < -0.3 is 20.4 Å². The number of aliphatic hydroxyl groups is 1. The maximum Gasteiger partial charge on any atom is 0.220 e. The van der Waals surface area contributed by atoms with Crippen LogP contribution in [-0.4, -0.2) is 46.2 Å². The van der Waals surface area contributed by atoms with Crippen molar-refractivity contribution in [3.63, 3.8) is 0 Å². The number of nitrogens with zero attached hydrogens (tertiary/aromatic N) is 1. The number of carbonyl (C=O) groups is 1. The van der Waals surface area contributed by atoms with Crippen LogP contribution < -0.4 is 5.32 Å². The largest absolute Gasteiger partial charge is 0.508 e. The molecule has 0 bridgehead atoms. The van der Waals surface area contributed by atoms with E-state index in [1.54, 1.807) is 19.1 Å². The zero-order chi connectivity index (χ0) is 17.7. The van der Waals surface area contributed by atoms with Gasteiger partial charge in [0.15, 0.2) is 0 Å². The standard InChI is InChI=1S/C19H30N2O3/c1-13(2)21-10-8-15(9-11-21)12-18(23)20-14(3)19(24)16-4-6-17(22)7-5-16/h4-7,13-15,19,22,24H,8-12H2,1-3H3,(H,20,23). The third kappa shape index (κ3) is 5.21. The number of benzene rings is 1. The Bertz CT molecular complexity index is 522. The zero-order valence-electron chi connectivity index (χ0n) is 14.9. The minimum absolute atomic E-state index is 0.00308. The molecular weight excluding hydrogens is 304 g/mol. The Balaban J connectivity index is 1.78. The van der Waals surface area contributed by atoms with Gasteiger partial charge in [-0.2, -0.15) is 0 Å². The molecule has 0 aliphatic carbocycles. The Morgan fingerprint density at radius 2 is 1.79 bits per heavy atom. The third-order valence-electron chi connectivity index (χ3n) is 4.95. The lowest BCUT2D eigenvalue weighted by atomic mass is 9.92. The number of rotatable bonds is 6. The van der Waals surface area contributed by atoms with Gasteiger partial charge in [0.25, 0.3) is 0 Å². The van der Waals surface area contributed by atoms with Crippen LogP contribution in [0.25, 0.3) is 0 Å². The van der Waals surface area contributed by atoms with Gasteiger partial charge in [0.05, 0.1) is 12.1 Å². The van der Waals surface area contributed by atoms with Crippen molar-refractivity contribution in [2.24, 2.45) is 5.92 Å². The van der Waals surface area contributed by atoms with Gasteiger partial charge in [-0.15, -0.1) is 0 Å². The lowest BCUT2D eigenvalue weighted by molar-refractivity contribution is -0.123. The summed E-state index contributed by atoms with van der Waals surface area (Å²) in [5.74, 6) is 0.594. The van der Waals surface area contributed by atoms with Gasteiger partial charge in [0.1, 0.15) is 5.75 Å². The van der Waals surface area contributed by atoms with E-state index in [0.717, 1.165) is 25.9 Å². The van der Waals surface area contributed by atoms with Crippen LogP contribution >= 0.6 is 0 Å². The molecule has 1 fully saturated rings. The molecule has 0 saturated carbocycles. The summed E-state index contributed by atoms with van der Waals surface area (Å²) in [4.78, 5) is 14.7. The van der Waals surface area contributed by atoms with Crippen LogP contribution in [0.15, 0.2) is 24.3 Å². The first-order chi connectivity index (χ1) is 11.4. The van der Waals surface area contributed by atoms with E-state index < -0.39 is 6.10 Å². The molecule has 24 heavy (non-hydrogen) atoms. The molecule has 1 aliphatic rings. The molecule has 1 saturated heterocycles. The van der Waals surface area contributed by atoms with Crippen molar-refractivity contribution in [1.82, 2.24) is 10.2 Å². The van der Waals surface area contributed by atoms with Crippen molar-refractivity contribution in [3.8, 4) is 5.75 Å². The number of hydrogen-bond acceptors (Lipinski definition) is 4. The van der Waals surface area contributed by atoms with E-state index >= 15 is 0 Å². The van der Waals surface area contributed by atoms with Crippen LogP contribution in [0, 0.1) is 5.92 Å². The number of aromatic hydroxyl groups is 1. The van der Waals surface area contributed by atoms with Crippen LogP contribution in [0.5, 0.6) is 5.75 Å². The van der Waals surface area contributed by atoms with Crippen LogP contribution in [0.4, 0.5) is 0 Å². The maximum atomic E-state index is 12.3. The first-order valence-electron chi connectivity index (χ1n) is 8.87. The molecule has 5 heteroatoms. The smallest absolute Gasteiger partial charge is 0.220 e. The molecule has 2 unspecified atom stereocenters. The third-order valence-corrected chi connectivity index (χ3v) is 4.95. The Labute approximate surface area is 144 Å². The van der Waals surface area contributed by atoms with E-state index in [1.807, 2.05) is 0 Å². The Morgan fingerprint density at radius 3 is 2.33 bits per heavy atom. The summed E-state index contributed by atoms with van der Waals surface area (Å²) in [6.07, 6.45) is 1.86. The number of phenolic OH excluding ortho intramolecular Hbond substituents is 1. The summed E-state index contributed by atoms with van der Waals surface area (Å²) in [5, 5.41) is 22.5. The molecule has 3 N–H and O–H groups in total. The molecule has 1 aromatic rings. The Morgan fingerprint density at radius 1 is 1.21 bits per heavy atom. The summed E-state index contributed by atoms with van der Waals surface area (Å²) < 4.78 is 0. The van der Waals surface area contributed by atoms with Gasteiger partial charge in [-0.1, -0.05) is 12.1 Å². The first kappa shape index (κ1) is 18.7. The summed E-state index contributed by atoms with van der Waals surface area (Å²) >= 11 is 0. The van der Waals surface area contributed by atoms with E-state index in [-0.39, 0.29) is 17.7 Å². The quantitative estimate of drug-likeness (QED) is 0.747. The summed E-state index contributed by atoms with van der Waals surface area (Å²) in [6.45, 7) is 8.33. The number of carbonyl (C=O) groups excluding carboxylic acids is 1. The molecule has 0 radical (unpaired) electrons. The van der Waals surface area contributed by atoms with Crippen molar-refractivity contribution in [1.29, 1.82) is 0 Å². The highest BCUT2D eigenvalue weighted by molar-refractivity contribution is 5.76. The number of aliphatic hydroxyl groups excluding tert-OH is 1. The first-order valence-corrected chi connectivity index (χ1v) is 8.87. The van der Waals surface area contributed by atoms with Crippen molar-refractivity contribution in [3.05, 3.63) is 29.8 Å². The number of nitrogens with one attached hydrogen (secondary N) is 1. The molecule has 1 amide bonds. The number of piperidine rings is 1. The Kier molecular flexibility index (Phi) is 6.63. The lowest BCUT2D eigenvalue weighted by Gasteiger charge is -2.34. The minimum atomic E-state index is -0.780. The molecule has 2 atom stereocenters. The van der Waals surface area contributed by atoms with Crippen molar-refractivity contribution in [2.45, 2.75) is 58.2 Å². The molecule has 1 heterocycles. The van der Waals surface area contributed by atoms with E-state index in [4.69, 9.17) is 0 Å². The van der Waals surface area contributed by atoms with E-state index in [1.165, 1.54) is 12.1 Å². The van der Waals surface area contributed by atoms with Gasteiger partial charge >= 0.3 is 0 Å². The van der Waals surface area contributed by atoms with Crippen LogP contribution in [0.3, 0.4) is 0 Å². The highest BCUT2D eigenvalue weighted by Gasteiger charge is 2.24. The van der Waals surface area contributed by atoms with Crippen LogP contribution in [0.1, 0.15) is 51.7 Å². The second-order valence-corrected chi connectivity index (χ2v) is 7.17. The molecular formula is C19H30N2O3. The molecule has 0 aromatic heterocycles. The molecule has 0 spiro atoms. The van der Waals surface area contributed by atoms with Crippen LogP contribution in [-0.2, 0) is 4.79 Å². The highest BCUT2D eigenvalue weighted by Crippen LogP contribution is 2.23. The van der Waals surface area contributed by atoms with Gasteiger partial charge in [-0.3, -0.25) is 4.79 Å². The highest BCUT2D eigenvalue weighted by atomic mass is 16.3. The SMILES string of the molecule is CC(NC(=O)CC1CCN(C(C)C)CC1)C(O)c1ccc(O)cc1. The number of amides is 1.